The summed E-state index contributed by atoms with van der Waals surface area (Å²) < 4.78 is 17.9. The van der Waals surface area contributed by atoms with Gasteiger partial charge in [0.2, 0.25) is 11.7 Å². The zero-order chi connectivity index (χ0) is 16.4. The highest BCUT2D eigenvalue weighted by Gasteiger charge is 2.34. The summed E-state index contributed by atoms with van der Waals surface area (Å²) in [6, 6.07) is 8.17. The molecule has 0 radical (unpaired) electrons. The van der Waals surface area contributed by atoms with Crippen LogP contribution in [0.5, 0.6) is 0 Å². The van der Waals surface area contributed by atoms with Gasteiger partial charge in [-0.2, -0.15) is 4.98 Å². The van der Waals surface area contributed by atoms with E-state index >= 15 is 0 Å². The normalized spacial score (nSPS) is 23.0. The van der Waals surface area contributed by atoms with E-state index < -0.39 is 0 Å². The van der Waals surface area contributed by atoms with Crippen molar-refractivity contribution in [3.63, 3.8) is 0 Å². The Morgan fingerprint density at radius 3 is 2.92 bits per heavy atom. The van der Waals surface area contributed by atoms with Crippen LogP contribution in [0.25, 0.3) is 11.4 Å². The van der Waals surface area contributed by atoms with Gasteiger partial charge in [-0.25, -0.2) is 0 Å². The van der Waals surface area contributed by atoms with E-state index in [0.29, 0.717) is 31.5 Å². The van der Waals surface area contributed by atoms with Crippen LogP contribution in [0.15, 0.2) is 33.3 Å². The number of ether oxygens (including phenoxy) is 2. The molecule has 0 saturated carbocycles. The maximum absolute atomic E-state index is 5.71. The Balaban J connectivity index is 1.48. The van der Waals surface area contributed by atoms with Crippen LogP contribution in [-0.4, -0.2) is 47.1 Å². The zero-order valence-corrected chi connectivity index (χ0v) is 14.9. The van der Waals surface area contributed by atoms with Gasteiger partial charge in [0.05, 0.1) is 25.8 Å². The van der Waals surface area contributed by atoms with Gasteiger partial charge in [-0.15, -0.1) is 0 Å². The number of hydrogen-bond donors (Lipinski definition) is 0. The van der Waals surface area contributed by atoms with E-state index in [0.717, 1.165) is 23.0 Å². The first-order valence-electron chi connectivity index (χ1n) is 8.35. The van der Waals surface area contributed by atoms with Gasteiger partial charge < -0.3 is 14.0 Å². The van der Waals surface area contributed by atoms with E-state index in [4.69, 9.17) is 14.0 Å². The van der Waals surface area contributed by atoms with Crippen molar-refractivity contribution in [1.82, 2.24) is 15.0 Å². The molecule has 2 aliphatic rings. The fraction of sp³-hybridized carbons (Fsp3) is 0.529. The monoisotopic (exact) mass is 393 g/mol. The molecule has 128 valence electrons. The Hall–Kier alpha value is -1.28. The molecule has 7 heteroatoms. The van der Waals surface area contributed by atoms with Gasteiger partial charge in [0.15, 0.2) is 6.29 Å². The molecule has 1 unspecified atom stereocenters. The predicted molar refractivity (Wildman–Crippen MR) is 91.2 cm³/mol. The predicted octanol–water partition coefficient (Wildman–Crippen LogP) is 3.23. The van der Waals surface area contributed by atoms with Crippen LogP contribution in [0.1, 0.15) is 25.2 Å². The number of likely N-dealkylation sites (tertiary alicyclic amines) is 1. The minimum Gasteiger partial charge on any atom is -0.349 e. The number of halogens is 1. The van der Waals surface area contributed by atoms with Crippen molar-refractivity contribution in [2.45, 2.75) is 38.1 Å². The third-order valence-electron chi connectivity index (χ3n) is 4.52. The number of nitrogens with zero attached hydrogens (tertiary/aromatic N) is 3. The van der Waals surface area contributed by atoms with E-state index in [2.05, 4.69) is 31.0 Å². The Labute approximate surface area is 149 Å². The summed E-state index contributed by atoms with van der Waals surface area (Å²) in [6.45, 7) is 3.00. The molecule has 4 rings (SSSR count). The molecular formula is C17H20BrN3O3. The molecule has 2 saturated heterocycles. The van der Waals surface area contributed by atoms with E-state index in [1.165, 1.54) is 12.8 Å². The van der Waals surface area contributed by atoms with Crippen LogP contribution in [0.2, 0.25) is 0 Å². The maximum atomic E-state index is 5.71. The lowest BCUT2D eigenvalue weighted by atomic mass is 10.0. The first-order chi connectivity index (χ1) is 11.8. The molecule has 1 aromatic carbocycles. The smallest absolute Gasteiger partial charge is 0.241 e. The molecule has 6 nitrogen and oxygen atoms in total. The molecule has 2 fully saturated rings. The van der Waals surface area contributed by atoms with Crippen LogP contribution < -0.4 is 0 Å². The SMILES string of the molecule is Brc1cccc(-c2noc(CN3CCCCC3C3OCCO3)n2)c1. The van der Waals surface area contributed by atoms with E-state index in [1.54, 1.807) is 0 Å². The van der Waals surface area contributed by atoms with Crippen LogP contribution >= 0.6 is 15.9 Å². The number of benzene rings is 1. The number of hydrogen-bond acceptors (Lipinski definition) is 6. The highest BCUT2D eigenvalue weighted by atomic mass is 79.9. The summed E-state index contributed by atoms with van der Waals surface area (Å²) in [5, 5.41) is 4.12. The maximum Gasteiger partial charge on any atom is 0.241 e. The molecule has 0 amide bonds. The highest BCUT2D eigenvalue weighted by molar-refractivity contribution is 9.10. The number of piperidine rings is 1. The third-order valence-corrected chi connectivity index (χ3v) is 5.01. The molecule has 2 aliphatic heterocycles. The second-order valence-electron chi connectivity index (χ2n) is 6.17. The number of aromatic nitrogens is 2. The van der Waals surface area contributed by atoms with E-state index in [9.17, 15) is 0 Å². The summed E-state index contributed by atoms with van der Waals surface area (Å²) in [5.41, 5.74) is 0.942. The average Bonchev–Trinajstić information content (AvgIpc) is 3.27. The van der Waals surface area contributed by atoms with Gasteiger partial charge in [-0.05, 0) is 31.5 Å². The summed E-state index contributed by atoms with van der Waals surface area (Å²) in [5.74, 6) is 1.25. The molecule has 24 heavy (non-hydrogen) atoms. The Kier molecular flexibility index (Phi) is 4.93. The molecule has 2 aromatic rings. The first-order valence-corrected chi connectivity index (χ1v) is 9.15. The van der Waals surface area contributed by atoms with Gasteiger partial charge >= 0.3 is 0 Å². The standard InChI is InChI=1S/C17H20BrN3O3/c18-13-5-3-4-12(10-13)16-19-15(24-20-16)11-21-7-2-1-6-14(21)17-22-8-9-23-17/h3-5,10,14,17H,1-2,6-9,11H2. The molecule has 0 N–H and O–H groups in total. The summed E-state index contributed by atoms with van der Waals surface area (Å²) in [6.07, 6.45) is 3.34. The molecule has 0 aliphatic carbocycles. The van der Waals surface area contributed by atoms with Crippen molar-refractivity contribution in [3.8, 4) is 11.4 Å². The van der Waals surface area contributed by atoms with E-state index in [-0.39, 0.29) is 12.3 Å². The first kappa shape index (κ1) is 16.2. The van der Waals surface area contributed by atoms with E-state index in [1.807, 2.05) is 24.3 Å². The molecule has 1 atom stereocenters. The lowest BCUT2D eigenvalue weighted by Crippen LogP contribution is -2.46. The van der Waals surface area contributed by atoms with Crippen molar-refractivity contribution >= 4 is 15.9 Å². The van der Waals surface area contributed by atoms with Gasteiger partial charge in [0.25, 0.3) is 0 Å². The van der Waals surface area contributed by atoms with Crippen molar-refractivity contribution in [2.75, 3.05) is 19.8 Å². The van der Waals surface area contributed by atoms with Crippen LogP contribution in [0.3, 0.4) is 0 Å². The molecule has 3 heterocycles. The fourth-order valence-corrected chi connectivity index (χ4v) is 3.76. The molecule has 0 bridgehead atoms. The minimum atomic E-state index is -0.127. The Morgan fingerprint density at radius 1 is 1.21 bits per heavy atom. The summed E-state index contributed by atoms with van der Waals surface area (Å²) in [4.78, 5) is 6.90. The average molecular weight is 394 g/mol. The molecule has 1 aromatic heterocycles. The summed E-state index contributed by atoms with van der Waals surface area (Å²) in [7, 11) is 0. The van der Waals surface area contributed by atoms with Crippen LogP contribution in [-0.2, 0) is 16.0 Å². The van der Waals surface area contributed by atoms with Crippen LogP contribution in [0, 0.1) is 0 Å². The van der Waals surface area contributed by atoms with Gasteiger partial charge in [0.1, 0.15) is 0 Å². The minimum absolute atomic E-state index is 0.127. The van der Waals surface area contributed by atoms with Crippen LogP contribution in [0.4, 0.5) is 0 Å². The largest absolute Gasteiger partial charge is 0.349 e. The number of rotatable bonds is 4. The summed E-state index contributed by atoms with van der Waals surface area (Å²) >= 11 is 3.47. The second kappa shape index (κ2) is 7.31. The third kappa shape index (κ3) is 3.54. The molecule has 0 spiro atoms. The van der Waals surface area contributed by atoms with Gasteiger partial charge in [-0.3, -0.25) is 4.90 Å². The zero-order valence-electron chi connectivity index (χ0n) is 13.4. The fourth-order valence-electron chi connectivity index (χ4n) is 3.36. The van der Waals surface area contributed by atoms with Crippen molar-refractivity contribution < 1.29 is 14.0 Å². The van der Waals surface area contributed by atoms with Crippen molar-refractivity contribution in [2.24, 2.45) is 0 Å². The highest BCUT2D eigenvalue weighted by Crippen LogP contribution is 2.26. The second-order valence-corrected chi connectivity index (χ2v) is 7.08. The van der Waals surface area contributed by atoms with Gasteiger partial charge in [-0.1, -0.05) is 39.6 Å². The lowest BCUT2D eigenvalue weighted by molar-refractivity contribution is -0.112. The topological polar surface area (TPSA) is 60.6 Å². The van der Waals surface area contributed by atoms with Gasteiger partial charge in [0, 0.05) is 10.0 Å². The lowest BCUT2D eigenvalue weighted by Gasteiger charge is -2.36. The Bertz CT molecular complexity index is 687. The van der Waals surface area contributed by atoms with Crippen molar-refractivity contribution in [1.29, 1.82) is 0 Å². The molecular weight excluding hydrogens is 374 g/mol. The van der Waals surface area contributed by atoms with Crippen molar-refractivity contribution in [3.05, 3.63) is 34.6 Å². The Morgan fingerprint density at radius 2 is 2.08 bits per heavy atom. The quantitative estimate of drug-likeness (QED) is 0.794.